The number of benzene rings is 1. The van der Waals surface area contributed by atoms with Crippen LogP contribution in [0.15, 0.2) is 22.7 Å². The number of rotatable bonds is 1. The fourth-order valence-electron chi connectivity index (χ4n) is 1.10. The van der Waals surface area contributed by atoms with Gasteiger partial charge < -0.3 is 9.63 Å². The normalized spacial score (nSPS) is 12.8. The molecule has 0 aliphatic heterocycles. The molecule has 0 saturated heterocycles. The van der Waals surface area contributed by atoms with Gasteiger partial charge in [0.15, 0.2) is 11.4 Å². The molecule has 3 rings (SSSR count). The molecule has 1 heterocycles. The third-order valence-electron chi connectivity index (χ3n) is 2.01. The van der Waals surface area contributed by atoms with Crippen molar-refractivity contribution in [3.8, 4) is 0 Å². The lowest BCUT2D eigenvalue weighted by Gasteiger charge is -1.93. The number of fused-ring (bicyclic) bond motifs is 1. The quantitative estimate of drug-likeness (QED) is 0.799. The van der Waals surface area contributed by atoms with Crippen molar-refractivity contribution in [2.45, 2.75) is 19.3 Å². The first-order valence-corrected chi connectivity index (χ1v) is 5.22. The number of aromatic nitrogens is 1. The van der Waals surface area contributed by atoms with Crippen LogP contribution in [0.3, 0.4) is 0 Å². The lowest BCUT2D eigenvalue weighted by atomic mass is 10.2. The number of nitrogens with zero attached hydrogens (tertiary/aromatic N) is 1. The van der Waals surface area contributed by atoms with Gasteiger partial charge in [-0.3, -0.25) is 5.32 Å². The van der Waals surface area contributed by atoms with Gasteiger partial charge in [0, 0.05) is 0 Å². The molecule has 0 atom stereocenters. The summed E-state index contributed by atoms with van der Waals surface area (Å²) < 4.78 is 17.5. The monoisotopic (exact) mass is 238 g/mol. The number of hydrogen-bond acceptors (Lipinski definition) is 3. The van der Waals surface area contributed by atoms with Crippen LogP contribution < -0.4 is 5.32 Å². The first kappa shape index (κ1) is 11.4. The number of amides is 1. The molecule has 2 aromatic rings. The van der Waals surface area contributed by atoms with E-state index < -0.39 is 11.9 Å². The summed E-state index contributed by atoms with van der Waals surface area (Å²) in [5, 5.41) is 14.2. The molecule has 1 aliphatic carbocycles. The molecule has 1 amide bonds. The molecule has 1 aromatic carbocycles. The van der Waals surface area contributed by atoms with E-state index >= 15 is 0 Å². The van der Waals surface area contributed by atoms with Crippen LogP contribution in [0, 0.1) is 5.82 Å². The van der Waals surface area contributed by atoms with E-state index in [1.54, 1.807) is 0 Å². The first-order valence-electron chi connectivity index (χ1n) is 5.22. The summed E-state index contributed by atoms with van der Waals surface area (Å²) in [7, 11) is 0. The van der Waals surface area contributed by atoms with Gasteiger partial charge in [-0.25, -0.2) is 9.18 Å². The van der Waals surface area contributed by atoms with Crippen molar-refractivity contribution in [3.63, 3.8) is 0 Å². The van der Waals surface area contributed by atoms with Crippen molar-refractivity contribution in [3.05, 3.63) is 24.0 Å². The predicted octanol–water partition coefficient (Wildman–Crippen LogP) is 3.23. The highest BCUT2D eigenvalue weighted by Crippen LogP contribution is 2.23. The number of halogens is 1. The molecule has 5 nitrogen and oxygen atoms in total. The molecule has 17 heavy (non-hydrogen) atoms. The maximum atomic E-state index is 12.8. The maximum absolute atomic E-state index is 12.8. The van der Waals surface area contributed by atoms with Crippen LogP contribution in [0.1, 0.15) is 19.3 Å². The van der Waals surface area contributed by atoms with Gasteiger partial charge in [-0.15, -0.1) is 0 Å². The average molecular weight is 238 g/mol. The Morgan fingerprint density at radius 1 is 1.41 bits per heavy atom. The summed E-state index contributed by atoms with van der Waals surface area (Å²) in [5.74, 6) is -0.485. The third kappa shape index (κ3) is 3.17. The summed E-state index contributed by atoms with van der Waals surface area (Å²) >= 11 is 0. The van der Waals surface area contributed by atoms with E-state index in [1.165, 1.54) is 31.4 Å². The largest absolute Gasteiger partial charge is 0.465 e. The molecule has 1 aliphatic rings. The van der Waals surface area contributed by atoms with Gasteiger partial charge in [-0.1, -0.05) is 24.4 Å². The van der Waals surface area contributed by atoms with Crippen LogP contribution in [0.5, 0.6) is 0 Å². The standard InChI is InChI=1S/C8H5FN2O3.C3H6/c9-4-1-2-6-5(3-4)7(11-14-6)10-8(12)13;1-2-3-1/h1-3H,(H,10,11)(H,12,13);1-3H2. The second-order valence-electron chi connectivity index (χ2n) is 3.66. The zero-order valence-electron chi connectivity index (χ0n) is 8.94. The minimum absolute atomic E-state index is 0.00741. The van der Waals surface area contributed by atoms with E-state index in [-0.39, 0.29) is 5.82 Å². The van der Waals surface area contributed by atoms with Crippen LogP contribution in [0.25, 0.3) is 11.0 Å². The van der Waals surface area contributed by atoms with Gasteiger partial charge in [-0.2, -0.15) is 0 Å². The van der Waals surface area contributed by atoms with Crippen LogP contribution in [-0.2, 0) is 0 Å². The van der Waals surface area contributed by atoms with Crippen molar-refractivity contribution < 1.29 is 18.8 Å². The van der Waals surface area contributed by atoms with E-state index in [1.807, 2.05) is 5.32 Å². The number of nitrogens with one attached hydrogen (secondary N) is 1. The van der Waals surface area contributed by atoms with Gasteiger partial charge in [0.2, 0.25) is 0 Å². The lowest BCUT2D eigenvalue weighted by molar-refractivity contribution is 0.209. The van der Waals surface area contributed by atoms with Crippen LogP contribution in [0.4, 0.5) is 15.0 Å². The Kier molecular flexibility index (Phi) is 3.22. The fraction of sp³-hybridized carbons (Fsp3) is 0.273. The second-order valence-corrected chi connectivity index (χ2v) is 3.66. The molecule has 0 radical (unpaired) electrons. The van der Waals surface area contributed by atoms with E-state index in [2.05, 4.69) is 5.16 Å². The zero-order valence-corrected chi connectivity index (χ0v) is 8.94. The Balaban J connectivity index is 0.000000313. The van der Waals surface area contributed by atoms with E-state index in [0.717, 1.165) is 6.07 Å². The Morgan fingerprint density at radius 3 is 2.71 bits per heavy atom. The molecule has 1 aromatic heterocycles. The molecule has 2 N–H and O–H groups in total. The average Bonchev–Trinajstić information content (AvgIpc) is 3.09. The first-order chi connectivity index (χ1) is 8.16. The van der Waals surface area contributed by atoms with Gasteiger partial charge in [0.25, 0.3) is 0 Å². The topological polar surface area (TPSA) is 75.4 Å². The Bertz CT molecular complexity index is 534. The van der Waals surface area contributed by atoms with Crippen molar-refractivity contribution >= 4 is 22.9 Å². The molecule has 90 valence electrons. The molecular formula is C11H11FN2O3. The molecule has 0 spiro atoms. The van der Waals surface area contributed by atoms with Crippen molar-refractivity contribution in [1.82, 2.24) is 5.16 Å². The van der Waals surface area contributed by atoms with Gasteiger partial charge in [0.1, 0.15) is 5.82 Å². The minimum Gasteiger partial charge on any atom is -0.465 e. The Labute approximate surface area is 96.2 Å². The van der Waals surface area contributed by atoms with Gasteiger partial charge >= 0.3 is 6.09 Å². The van der Waals surface area contributed by atoms with Gasteiger partial charge in [0.05, 0.1) is 5.39 Å². The molecule has 1 fully saturated rings. The predicted molar refractivity (Wildman–Crippen MR) is 59.5 cm³/mol. The third-order valence-corrected chi connectivity index (χ3v) is 2.01. The Hall–Kier alpha value is -2.11. The number of hydrogen-bond donors (Lipinski definition) is 2. The maximum Gasteiger partial charge on any atom is 0.410 e. The SMILES string of the molecule is C1CC1.O=C(O)Nc1noc2ccc(F)cc12. The Morgan fingerprint density at radius 2 is 2.12 bits per heavy atom. The van der Waals surface area contributed by atoms with Crippen LogP contribution in [-0.4, -0.2) is 16.4 Å². The van der Waals surface area contributed by atoms with E-state index in [9.17, 15) is 9.18 Å². The summed E-state index contributed by atoms with van der Waals surface area (Å²) in [5.41, 5.74) is 0.329. The summed E-state index contributed by atoms with van der Waals surface area (Å²) in [6.07, 6.45) is 3.23. The fourth-order valence-corrected chi connectivity index (χ4v) is 1.10. The van der Waals surface area contributed by atoms with E-state index in [0.29, 0.717) is 11.0 Å². The molecule has 1 saturated carbocycles. The van der Waals surface area contributed by atoms with Crippen LogP contribution in [0.2, 0.25) is 0 Å². The molecular weight excluding hydrogens is 227 g/mol. The lowest BCUT2D eigenvalue weighted by Crippen LogP contribution is -2.07. The number of anilines is 1. The summed E-state index contributed by atoms with van der Waals surface area (Å²) in [6.45, 7) is 0. The summed E-state index contributed by atoms with van der Waals surface area (Å²) in [4.78, 5) is 10.3. The zero-order chi connectivity index (χ0) is 12.3. The molecule has 0 unspecified atom stereocenters. The van der Waals surface area contributed by atoms with Crippen molar-refractivity contribution in [1.29, 1.82) is 0 Å². The highest BCUT2D eigenvalue weighted by atomic mass is 19.1. The molecule has 0 bridgehead atoms. The van der Waals surface area contributed by atoms with Crippen LogP contribution >= 0.6 is 0 Å². The molecule has 6 heteroatoms. The van der Waals surface area contributed by atoms with E-state index in [4.69, 9.17) is 9.63 Å². The number of carboxylic acid groups (broad SMARTS) is 1. The highest BCUT2D eigenvalue weighted by Gasteiger charge is 2.10. The van der Waals surface area contributed by atoms with Gasteiger partial charge in [-0.05, 0) is 18.2 Å². The second kappa shape index (κ2) is 4.82. The summed E-state index contributed by atoms with van der Waals surface area (Å²) in [6, 6.07) is 3.74. The smallest absolute Gasteiger partial charge is 0.410 e. The highest BCUT2D eigenvalue weighted by molar-refractivity contribution is 5.95. The van der Waals surface area contributed by atoms with Crippen molar-refractivity contribution in [2.75, 3.05) is 5.32 Å². The van der Waals surface area contributed by atoms with Crippen molar-refractivity contribution in [2.24, 2.45) is 0 Å². The number of carbonyl (C=O) groups is 1. The minimum atomic E-state index is -1.27.